The summed E-state index contributed by atoms with van der Waals surface area (Å²) in [6.07, 6.45) is 0.646. The molecule has 5 nitrogen and oxygen atoms in total. The van der Waals surface area contributed by atoms with Gasteiger partial charge in [0.2, 0.25) is 0 Å². The largest absolute Gasteiger partial charge is 0.496 e. The topological polar surface area (TPSA) is 72.8 Å². The molecule has 0 aromatic heterocycles. The van der Waals surface area contributed by atoms with Crippen molar-refractivity contribution in [3.63, 3.8) is 0 Å². The zero-order valence-corrected chi connectivity index (χ0v) is 16.4. The Bertz CT molecular complexity index is 638. The molecule has 140 valence electrons. The molecule has 0 unspecified atom stereocenters. The van der Waals surface area contributed by atoms with E-state index in [-0.39, 0.29) is 29.5 Å². The molecular formula is C20H30O5. The number of carbonyl (C=O) groups is 2. The van der Waals surface area contributed by atoms with E-state index in [1.165, 1.54) is 7.11 Å². The molecule has 1 aromatic rings. The minimum absolute atomic E-state index is 0.0699. The number of carbonyl (C=O) groups excluding carboxylic acids is 1. The maximum atomic E-state index is 12.4. The van der Waals surface area contributed by atoms with Crippen molar-refractivity contribution < 1.29 is 24.2 Å². The first kappa shape index (κ1) is 21.0. The number of hydrogen-bond acceptors (Lipinski definition) is 4. The second-order valence-corrected chi connectivity index (χ2v) is 8.19. The molecule has 0 saturated carbocycles. The number of carboxylic acids is 1. The highest BCUT2D eigenvalue weighted by Gasteiger charge is 2.31. The first-order valence-corrected chi connectivity index (χ1v) is 8.43. The lowest BCUT2D eigenvalue weighted by Crippen LogP contribution is -2.25. The zero-order valence-electron chi connectivity index (χ0n) is 16.4. The third-order valence-electron chi connectivity index (χ3n) is 4.09. The lowest BCUT2D eigenvalue weighted by Gasteiger charge is -2.34. The Morgan fingerprint density at radius 2 is 1.52 bits per heavy atom. The van der Waals surface area contributed by atoms with E-state index in [4.69, 9.17) is 14.6 Å². The second kappa shape index (κ2) is 7.89. The SMILES string of the molecule is COc1cc(C(C)(C)CC(C)(C)C)c(OC)cc1C(=O)CCC(=O)O. The van der Waals surface area contributed by atoms with E-state index in [9.17, 15) is 9.59 Å². The van der Waals surface area contributed by atoms with Gasteiger partial charge in [-0.05, 0) is 29.4 Å². The van der Waals surface area contributed by atoms with Gasteiger partial charge in [0.25, 0.3) is 0 Å². The molecule has 0 aliphatic carbocycles. The number of ketones is 1. The lowest BCUT2D eigenvalue weighted by atomic mass is 9.71. The van der Waals surface area contributed by atoms with Gasteiger partial charge >= 0.3 is 5.97 Å². The van der Waals surface area contributed by atoms with E-state index >= 15 is 0 Å². The third kappa shape index (κ3) is 5.76. The van der Waals surface area contributed by atoms with Crippen LogP contribution in [0.1, 0.15) is 69.8 Å². The molecule has 5 heteroatoms. The van der Waals surface area contributed by atoms with Gasteiger partial charge in [-0.15, -0.1) is 0 Å². The highest BCUT2D eigenvalue weighted by atomic mass is 16.5. The van der Waals surface area contributed by atoms with E-state index in [1.54, 1.807) is 13.2 Å². The molecule has 0 amide bonds. The van der Waals surface area contributed by atoms with Crippen molar-refractivity contribution in [1.29, 1.82) is 0 Å². The molecule has 1 aromatic carbocycles. The summed E-state index contributed by atoms with van der Waals surface area (Å²) in [5, 5.41) is 8.79. The van der Waals surface area contributed by atoms with Crippen LogP contribution in [0, 0.1) is 5.41 Å². The Balaban J connectivity index is 3.35. The zero-order chi connectivity index (χ0) is 19.4. The van der Waals surface area contributed by atoms with Gasteiger partial charge in [0.15, 0.2) is 5.78 Å². The molecule has 0 saturated heterocycles. The van der Waals surface area contributed by atoms with E-state index in [2.05, 4.69) is 34.6 Å². The first-order chi connectivity index (χ1) is 11.4. The van der Waals surface area contributed by atoms with Crippen molar-refractivity contribution in [2.45, 2.75) is 59.3 Å². The van der Waals surface area contributed by atoms with Crippen LogP contribution in [0.3, 0.4) is 0 Å². The summed E-state index contributed by atoms with van der Waals surface area (Å²) < 4.78 is 11.0. The highest BCUT2D eigenvalue weighted by molar-refractivity contribution is 6.00. The summed E-state index contributed by atoms with van der Waals surface area (Å²) in [7, 11) is 3.08. The van der Waals surface area contributed by atoms with Gasteiger partial charge in [-0.3, -0.25) is 9.59 Å². The Labute approximate surface area is 150 Å². The number of rotatable bonds is 8. The minimum Gasteiger partial charge on any atom is -0.496 e. The second-order valence-electron chi connectivity index (χ2n) is 8.19. The molecular weight excluding hydrogens is 320 g/mol. The Kier molecular flexibility index (Phi) is 6.63. The summed E-state index contributed by atoms with van der Waals surface area (Å²) in [6, 6.07) is 3.52. The molecule has 0 radical (unpaired) electrons. The molecule has 0 aliphatic rings. The smallest absolute Gasteiger partial charge is 0.303 e. The molecule has 0 bridgehead atoms. The predicted octanol–water partition coefficient (Wildman–Crippen LogP) is 4.47. The fraction of sp³-hybridized carbons (Fsp3) is 0.600. The average Bonchev–Trinajstić information content (AvgIpc) is 2.48. The lowest BCUT2D eigenvalue weighted by molar-refractivity contribution is -0.136. The van der Waals surface area contributed by atoms with Gasteiger partial charge in [0.1, 0.15) is 11.5 Å². The number of carboxylic acid groups (broad SMARTS) is 1. The third-order valence-corrected chi connectivity index (χ3v) is 4.09. The van der Waals surface area contributed by atoms with Crippen LogP contribution in [0.4, 0.5) is 0 Å². The van der Waals surface area contributed by atoms with Gasteiger partial charge in [-0.2, -0.15) is 0 Å². The van der Waals surface area contributed by atoms with Crippen LogP contribution in [0.2, 0.25) is 0 Å². The minimum atomic E-state index is -0.998. The summed E-state index contributed by atoms with van der Waals surface area (Å²) in [5.74, 6) is -0.193. The fourth-order valence-electron chi connectivity index (χ4n) is 3.42. The monoisotopic (exact) mass is 350 g/mol. The molecule has 0 fully saturated rings. The van der Waals surface area contributed by atoms with E-state index in [0.29, 0.717) is 17.1 Å². The maximum absolute atomic E-state index is 12.4. The molecule has 0 heterocycles. The molecule has 25 heavy (non-hydrogen) atoms. The van der Waals surface area contributed by atoms with E-state index in [1.807, 2.05) is 6.07 Å². The molecule has 0 spiro atoms. The van der Waals surface area contributed by atoms with Crippen LogP contribution in [-0.4, -0.2) is 31.1 Å². The summed E-state index contributed by atoms with van der Waals surface area (Å²) in [4.78, 5) is 23.1. The van der Waals surface area contributed by atoms with Crippen molar-refractivity contribution >= 4 is 11.8 Å². The van der Waals surface area contributed by atoms with Crippen LogP contribution >= 0.6 is 0 Å². The molecule has 1 rings (SSSR count). The Hall–Kier alpha value is -2.04. The Morgan fingerprint density at radius 1 is 0.960 bits per heavy atom. The fourth-order valence-corrected chi connectivity index (χ4v) is 3.42. The number of methoxy groups -OCH3 is 2. The van der Waals surface area contributed by atoms with Crippen LogP contribution < -0.4 is 9.47 Å². The van der Waals surface area contributed by atoms with Crippen LogP contribution in [-0.2, 0) is 10.2 Å². The number of Topliss-reactive ketones (excluding diaryl/α,β-unsaturated/α-hetero) is 1. The number of ether oxygens (including phenoxy) is 2. The number of aliphatic carboxylic acids is 1. The van der Waals surface area contributed by atoms with Crippen molar-refractivity contribution in [3.8, 4) is 11.5 Å². The number of benzene rings is 1. The van der Waals surface area contributed by atoms with Crippen molar-refractivity contribution in [3.05, 3.63) is 23.3 Å². The number of hydrogen-bond donors (Lipinski definition) is 1. The van der Waals surface area contributed by atoms with E-state index < -0.39 is 5.97 Å². The molecule has 0 atom stereocenters. The van der Waals surface area contributed by atoms with Gasteiger partial charge in [0.05, 0.1) is 26.2 Å². The van der Waals surface area contributed by atoms with Crippen LogP contribution in [0.15, 0.2) is 12.1 Å². The highest BCUT2D eigenvalue weighted by Crippen LogP contribution is 2.43. The van der Waals surface area contributed by atoms with Gasteiger partial charge < -0.3 is 14.6 Å². The van der Waals surface area contributed by atoms with Gasteiger partial charge in [0, 0.05) is 12.0 Å². The standard InChI is InChI=1S/C20H30O5/c1-19(2,3)12-20(4,5)14-11-16(24-6)13(10-17(14)25-7)15(21)8-9-18(22)23/h10-11H,8-9,12H2,1-7H3,(H,22,23). The molecule has 1 N–H and O–H groups in total. The predicted molar refractivity (Wildman–Crippen MR) is 97.8 cm³/mol. The van der Waals surface area contributed by atoms with Crippen molar-refractivity contribution in [1.82, 2.24) is 0 Å². The van der Waals surface area contributed by atoms with Crippen molar-refractivity contribution in [2.24, 2.45) is 5.41 Å². The first-order valence-electron chi connectivity index (χ1n) is 8.43. The maximum Gasteiger partial charge on any atom is 0.303 e. The van der Waals surface area contributed by atoms with Crippen LogP contribution in [0.5, 0.6) is 11.5 Å². The normalized spacial score (nSPS) is 12.0. The quantitative estimate of drug-likeness (QED) is 0.701. The van der Waals surface area contributed by atoms with Gasteiger partial charge in [-0.25, -0.2) is 0 Å². The molecule has 0 aliphatic heterocycles. The van der Waals surface area contributed by atoms with Crippen LogP contribution in [0.25, 0.3) is 0 Å². The van der Waals surface area contributed by atoms with Gasteiger partial charge in [-0.1, -0.05) is 34.6 Å². The summed E-state index contributed by atoms with van der Waals surface area (Å²) in [6.45, 7) is 10.8. The summed E-state index contributed by atoms with van der Waals surface area (Å²) >= 11 is 0. The van der Waals surface area contributed by atoms with E-state index in [0.717, 1.165) is 12.0 Å². The Morgan fingerprint density at radius 3 is 1.96 bits per heavy atom. The summed E-state index contributed by atoms with van der Waals surface area (Å²) in [5.41, 5.74) is 1.27. The van der Waals surface area contributed by atoms with Crippen molar-refractivity contribution in [2.75, 3.05) is 14.2 Å². The average molecular weight is 350 g/mol.